The van der Waals surface area contributed by atoms with E-state index >= 15 is 0 Å². The number of aliphatic carboxylic acids is 1. The highest BCUT2D eigenvalue weighted by molar-refractivity contribution is 5.86. The fourth-order valence-corrected chi connectivity index (χ4v) is 4.18. The third-order valence-electron chi connectivity index (χ3n) is 5.91. The number of carbonyl (C=O) groups excluding carboxylic acids is 3. The Morgan fingerprint density at radius 2 is 1.57 bits per heavy atom. The minimum Gasteiger partial charge on any atom is -0.481 e. The first kappa shape index (κ1) is 25.7. The number of ether oxygens (including phenoxy) is 2. The maximum Gasteiger partial charge on any atom is 0.407 e. The molecule has 2 N–H and O–H groups in total. The van der Waals surface area contributed by atoms with Gasteiger partial charge in [0.25, 0.3) is 0 Å². The van der Waals surface area contributed by atoms with E-state index in [-0.39, 0.29) is 44.9 Å². The van der Waals surface area contributed by atoms with E-state index in [4.69, 9.17) is 14.6 Å². The molecule has 0 fully saturated rings. The molecular weight excluding hydrogens is 452 g/mol. The van der Waals surface area contributed by atoms with Gasteiger partial charge < -0.3 is 24.8 Å². The quantitative estimate of drug-likeness (QED) is 0.472. The molecule has 0 aromatic heterocycles. The van der Waals surface area contributed by atoms with Crippen molar-refractivity contribution >= 4 is 23.9 Å². The monoisotopic (exact) mass is 482 g/mol. The number of carboxylic acid groups (broad SMARTS) is 1. The number of esters is 1. The highest BCUT2D eigenvalue weighted by atomic mass is 16.5. The van der Waals surface area contributed by atoms with Crippen LogP contribution in [0.3, 0.4) is 0 Å². The van der Waals surface area contributed by atoms with Crippen molar-refractivity contribution in [3.63, 3.8) is 0 Å². The maximum atomic E-state index is 12.9. The summed E-state index contributed by atoms with van der Waals surface area (Å²) in [6.45, 7) is 2.07. The third kappa shape index (κ3) is 6.59. The molecule has 186 valence electrons. The van der Waals surface area contributed by atoms with Crippen LogP contribution in [-0.4, -0.2) is 66.8 Å². The van der Waals surface area contributed by atoms with Gasteiger partial charge in [0.05, 0.1) is 13.0 Å². The lowest BCUT2D eigenvalue weighted by Crippen LogP contribution is -2.48. The van der Waals surface area contributed by atoms with Gasteiger partial charge in [-0.3, -0.25) is 14.4 Å². The van der Waals surface area contributed by atoms with Gasteiger partial charge in [0.1, 0.15) is 12.6 Å². The molecule has 2 aromatic carbocycles. The summed E-state index contributed by atoms with van der Waals surface area (Å²) in [5.74, 6) is -2.19. The number of amides is 2. The molecule has 0 radical (unpaired) electrons. The van der Waals surface area contributed by atoms with E-state index in [1.807, 2.05) is 48.5 Å². The Morgan fingerprint density at radius 3 is 2.14 bits per heavy atom. The topological polar surface area (TPSA) is 122 Å². The Kier molecular flexibility index (Phi) is 8.83. The Morgan fingerprint density at radius 1 is 0.971 bits per heavy atom. The average Bonchev–Trinajstić information content (AvgIpc) is 3.17. The number of alkyl carbamates (subject to hydrolysis) is 1. The summed E-state index contributed by atoms with van der Waals surface area (Å²) in [5, 5.41) is 11.6. The fraction of sp³-hybridized carbons (Fsp3) is 0.385. The van der Waals surface area contributed by atoms with Gasteiger partial charge >= 0.3 is 18.0 Å². The Hall–Kier alpha value is -3.88. The van der Waals surface area contributed by atoms with Gasteiger partial charge in [-0.1, -0.05) is 48.5 Å². The Balaban J connectivity index is 1.63. The van der Waals surface area contributed by atoms with Crippen molar-refractivity contribution in [1.29, 1.82) is 0 Å². The second kappa shape index (κ2) is 12.0. The molecule has 1 unspecified atom stereocenters. The molecule has 2 amide bonds. The van der Waals surface area contributed by atoms with Crippen LogP contribution in [0, 0.1) is 0 Å². The van der Waals surface area contributed by atoms with Crippen LogP contribution < -0.4 is 5.32 Å². The van der Waals surface area contributed by atoms with Crippen LogP contribution in [0.4, 0.5) is 4.79 Å². The summed E-state index contributed by atoms with van der Waals surface area (Å²) in [4.78, 5) is 49.4. The van der Waals surface area contributed by atoms with Crippen molar-refractivity contribution in [1.82, 2.24) is 10.2 Å². The second-order valence-corrected chi connectivity index (χ2v) is 8.27. The largest absolute Gasteiger partial charge is 0.481 e. The zero-order valence-electron chi connectivity index (χ0n) is 19.9. The number of benzene rings is 2. The van der Waals surface area contributed by atoms with Crippen molar-refractivity contribution in [2.24, 2.45) is 0 Å². The average molecular weight is 483 g/mol. The van der Waals surface area contributed by atoms with Gasteiger partial charge in [-0.2, -0.15) is 0 Å². The van der Waals surface area contributed by atoms with Gasteiger partial charge in [0.2, 0.25) is 5.91 Å². The predicted octanol–water partition coefficient (Wildman–Crippen LogP) is 3.17. The fourth-order valence-electron chi connectivity index (χ4n) is 4.18. The van der Waals surface area contributed by atoms with Gasteiger partial charge in [0, 0.05) is 25.9 Å². The number of carboxylic acids is 1. The van der Waals surface area contributed by atoms with E-state index in [1.54, 1.807) is 6.92 Å². The van der Waals surface area contributed by atoms with E-state index in [1.165, 1.54) is 11.9 Å². The number of rotatable bonds is 11. The molecule has 1 atom stereocenters. The van der Waals surface area contributed by atoms with Gasteiger partial charge in [0.15, 0.2) is 0 Å². The van der Waals surface area contributed by atoms with Crippen molar-refractivity contribution in [3.8, 4) is 11.1 Å². The number of fused-ring (bicyclic) bond motifs is 3. The minimum atomic E-state index is -1.10. The van der Waals surface area contributed by atoms with Crippen molar-refractivity contribution in [2.45, 2.75) is 38.1 Å². The van der Waals surface area contributed by atoms with E-state index in [0.717, 1.165) is 22.3 Å². The molecule has 35 heavy (non-hydrogen) atoms. The Bertz CT molecular complexity index is 1040. The van der Waals surface area contributed by atoms with Crippen LogP contribution in [0.5, 0.6) is 0 Å². The lowest BCUT2D eigenvalue weighted by molar-refractivity contribution is -0.144. The number of nitrogens with zero attached hydrogens (tertiary/aromatic N) is 1. The molecule has 3 rings (SSSR count). The number of hydrogen-bond acceptors (Lipinski definition) is 6. The molecule has 9 heteroatoms. The second-order valence-electron chi connectivity index (χ2n) is 8.27. The third-order valence-corrected chi connectivity index (χ3v) is 5.91. The zero-order chi connectivity index (χ0) is 25.4. The molecule has 0 spiro atoms. The number of likely N-dealkylation sites (N-methyl/N-ethyl adjacent to an activating group) is 1. The van der Waals surface area contributed by atoms with E-state index in [2.05, 4.69) is 5.32 Å². The summed E-state index contributed by atoms with van der Waals surface area (Å²) in [6, 6.07) is 14.7. The summed E-state index contributed by atoms with van der Waals surface area (Å²) < 4.78 is 10.4. The van der Waals surface area contributed by atoms with Gasteiger partial charge in [-0.05, 0) is 35.6 Å². The Labute approximate surface area is 204 Å². The van der Waals surface area contributed by atoms with Gasteiger partial charge in [-0.25, -0.2) is 4.79 Å². The van der Waals surface area contributed by atoms with Crippen LogP contribution in [0.1, 0.15) is 43.2 Å². The SMILES string of the molecule is CCOC(=O)CCN(C)C(=O)C(CCC(=O)O)NC(=O)OCC1c2ccccc2-c2ccccc21. The first-order valence-electron chi connectivity index (χ1n) is 11.6. The summed E-state index contributed by atoms with van der Waals surface area (Å²) in [6.07, 6.45) is -1.24. The van der Waals surface area contributed by atoms with Crippen LogP contribution >= 0.6 is 0 Å². The van der Waals surface area contributed by atoms with E-state index < -0.39 is 30.0 Å². The molecule has 1 aliphatic rings. The first-order chi connectivity index (χ1) is 16.8. The summed E-state index contributed by atoms with van der Waals surface area (Å²) >= 11 is 0. The number of nitrogens with one attached hydrogen (secondary N) is 1. The smallest absolute Gasteiger partial charge is 0.407 e. The van der Waals surface area contributed by atoms with Crippen LogP contribution in [0.25, 0.3) is 11.1 Å². The van der Waals surface area contributed by atoms with Gasteiger partial charge in [-0.15, -0.1) is 0 Å². The molecule has 1 aliphatic carbocycles. The molecule has 9 nitrogen and oxygen atoms in total. The minimum absolute atomic E-state index is 0.00727. The van der Waals surface area contributed by atoms with Crippen LogP contribution in [0.2, 0.25) is 0 Å². The predicted molar refractivity (Wildman–Crippen MR) is 128 cm³/mol. The summed E-state index contributed by atoms with van der Waals surface area (Å²) in [7, 11) is 1.48. The number of hydrogen-bond donors (Lipinski definition) is 2. The molecule has 0 aliphatic heterocycles. The molecule has 0 bridgehead atoms. The molecule has 0 saturated heterocycles. The zero-order valence-corrected chi connectivity index (χ0v) is 19.9. The molecule has 0 heterocycles. The maximum absolute atomic E-state index is 12.9. The highest BCUT2D eigenvalue weighted by Gasteiger charge is 2.30. The lowest BCUT2D eigenvalue weighted by atomic mass is 9.98. The first-order valence-corrected chi connectivity index (χ1v) is 11.6. The summed E-state index contributed by atoms with van der Waals surface area (Å²) in [5.41, 5.74) is 4.29. The van der Waals surface area contributed by atoms with Crippen LogP contribution in [-0.2, 0) is 23.9 Å². The van der Waals surface area contributed by atoms with Crippen molar-refractivity contribution < 1.29 is 33.8 Å². The van der Waals surface area contributed by atoms with Crippen molar-refractivity contribution in [3.05, 3.63) is 59.7 Å². The molecule has 2 aromatic rings. The van der Waals surface area contributed by atoms with Crippen LogP contribution in [0.15, 0.2) is 48.5 Å². The highest BCUT2D eigenvalue weighted by Crippen LogP contribution is 2.44. The normalized spacial score (nSPS) is 12.7. The van der Waals surface area contributed by atoms with E-state index in [9.17, 15) is 19.2 Å². The number of carbonyl (C=O) groups is 4. The molecular formula is C26H30N2O7. The van der Waals surface area contributed by atoms with Crippen molar-refractivity contribution in [2.75, 3.05) is 26.8 Å². The lowest BCUT2D eigenvalue weighted by Gasteiger charge is -2.24. The van der Waals surface area contributed by atoms with E-state index in [0.29, 0.717) is 0 Å². The standard InChI is InChI=1S/C26H30N2O7/c1-3-34-24(31)14-15-28(2)25(32)22(12-13-23(29)30)27-26(33)35-16-21-19-10-6-4-8-17(19)18-9-5-7-11-20(18)21/h4-11,21-22H,3,12-16H2,1-2H3,(H,27,33)(H,29,30). The molecule has 0 saturated carbocycles.